The second-order valence-electron chi connectivity index (χ2n) is 5.29. The number of anilines is 2. The Kier molecular flexibility index (Phi) is 3.73. The topological polar surface area (TPSA) is 28.2 Å². The van der Waals surface area contributed by atoms with Crippen LogP contribution in [0.25, 0.3) is 10.9 Å². The Morgan fingerprint density at radius 1 is 0.952 bits per heavy atom. The van der Waals surface area contributed by atoms with Crippen molar-refractivity contribution in [2.24, 2.45) is 0 Å². The van der Waals surface area contributed by atoms with Crippen molar-refractivity contribution >= 4 is 22.3 Å². The molecular weight excluding hydrogens is 258 g/mol. The van der Waals surface area contributed by atoms with Crippen molar-refractivity contribution in [3.8, 4) is 0 Å². The number of pyridine rings is 1. The fourth-order valence-corrected chi connectivity index (χ4v) is 2.36. The maximum absolute atomic E-state index is 4.38. The van der Waals surface area contributed by atoms with Crippen molar-refractivity contribution in [1.82, 2.24) is 4.98 Å². The highest BCUT2D eigenvalue weighted by Gasteiger charge is 2.01. The molecule has 0 saturated heterocycles. The summed E-state index contributed by atoms with van der Waals surface area (Å²) >= 11 is 0. The molecule has 0 fully saturated rings. The summed E-state index contributed by atoms with van der Waals surface area (Å²) in [5, 5.41) is 4.66. The molecule has 0 radical (unpaired) electrons. The molecule has 0 atom stereocenters. The molecular formula is C18H19N3. The fourth-order valence-electron chi connectivity index (χ4n) is 2.36. The van der Waals surface area contributed by atoms with Crippen molar-refractivity contribution < 1.29 is 0 Å². The average molecular weight is 277 g/mol. The molecule has 0 saturated carbocycles. The summed E-state index contributed by atoms with van der Waals surface area (Å²) in [6.07, 6.45) is 1.85. The highest BCUT2D eigenvalue weighted by Crippen LogP contribution is 2.22. The highest BCUT2D eigenvalue weighted by molar-refractivity contribution is 5.90. The minimum absolute atomic E-state index is 0.807. The van der Waals surface area contributed by atoms with Gasteiger partial charge in [-0.1, -0.05) is 30.3 Å². The largest absolute Gasteiger partial charge is 0.380 e. The maximum atomic E-state index is 4.38. The molecule has 0 aliphatic rings. The molecule has 21 heavy (non-hydrogen) atoms. The molecule has 3 rings (SSSR count). The van der Waals surface area contributed by atoms with E-state index in [1.807, 2.05) is 30.5 Å². The van der Waals surface area contributed by atoms with E-state index in [2.05, 4.69) is 59.6 Å². The van der Waals surface area contributed by atoms with Crippen LogP contribution in [0.4, 0.5) is 11.4 Å². The predicted molar refractivity (Wildman–Crippen MR) is 89.8 cm³/mol. The SMILES string of the molecule is CN(C)c1ccc(CNc2ccnc3ccccc23)cc1. The maximum Gasteiger partial charge on any atom is 0.0722 e. The lowest BCUT2D eigenvalue weighted by Gasteiger charge is -2.13. The third-order valence-corrected chi connectivity index (χ3v) is 3.58. The lowest BCUT2D eigenvalue weighted by atomic mass is 10.1. The third-order valence-electron chi connectivity index (χ3n) is 3.58. The van der Waals surface area contributed by atoms with Crippen LogP contribution in [-0.4, -0.2) is 19.1 Å². The van der Waals surface area contributed by atoms with Crippen LogP contribution in [-0.2, 0) is 6.54 Å². The molecule has 3 nitrogen and oxygen atoms in total. The zero-order chi connectivity index (χ0) is 14.7. The molecule has 1 N–H and O–H groups in total. The minimum Gasteiger partial charge on any atom is -0.380 e. The van der Waals surface area contributed by atoms with Crippen LogP contribution in [0, 0.1) is 0 Å². The van der Waals surface area contributed by atoms with Crippen molar-refractivity contribution in [1.29, 1.82) is 0 Å². The lowest BCUT2D eigenvalue weighted by molar-refractivity contribution is 1.11. The van der Waals surface area contributed by atoms with E-state index in [4.69, 9.17) is 0 Å². The number of nitrogens with zero attached hydrogens (tertiary/aromatic N) is 2. The van der Waals surface area contributed by atoms with Gasteiger partial charge in [-0.25, -0.2) is 0 Å². The number of aromatic nitrogens is 1. The van der Waals surface area contributed by atoms with Crippen molar-refractivity contribution in [2.45, 2.75) is 6.54 Å². The van der Waals surface area contributed by atoms with Gasteiger partial charge in [0, 0.05) is 43.6 Å². The van der Waals surface area contributed by atoms with Gasteiger partial charge in [0.1, 0.15) is 0 Å². The van der Waals surface area contributed by atoms with Crippen molar-refractivity contribution in [3.05, 3.63) is 66.4 Å². The Labute approximate surface area is 125 Å². The van der Waals surface area contributed by atoms with Crippen molar-refractivity contribution in [3.63, 3.8) is 0 Å². The Morgan fingerprint density at radius 3 is 2.48 bits per heavy atom. The first-order valence-corrected chi connectivity index (χ1v) is 7.08. The van der Waals surface area contributed by atoms with Crippen LogP contribution >= 0.6 is 0 Å². The number of hydrogen-bond donors (Lipinski definition) is 1. The first-order chi connectivity index (χ1) is 10.2. The Bertz CT molecular complexity index is 728. The lowest BCUT2D eigenvalue weighted by Crippen LogP contribution is -2.08. The molecule has 1 aromatic heterocycles. The Balaban J connectivity index is 1.77. The zero-order valence-electron chi connectivity index (χ0n) is 12.4. The molecule has 0 unspecified atom stereocenters. The molecule has 0 bridgehead atoms. The average Bonchev–Trinajstić information content (AvgIpc) is 2.53. The van der Waals surface area contributed by atoms with E-state index in [1.54, 1.807) is 0 Å². The van der Waals surface area contributed by atoms with Gasteiger partial charge in [-0.05, 0) is 29.8 Å². The third kappa shape index (κ3) is 2.97. The summed E-state index contributed by atoms with van der Waals surface area (Å²) < 4.78 is 0. The number of benzene rings is 2. The van der Waals surface area contributed by atoms with Gasteiger partial charge < -0.3 is 10.2 Å². The van der Waals surface area contributed by atoms with Crippen LogP contribution in [0.3, 0.4) is 0 Å². The summed E-state index contributed by atoms with van der Waals surface area (Å²) in [4.78, 5) is 6.49. The van der Waals surface area contributed by atoms with Crippen LogP contribution < -0.4 is 10.2 Å². The molecule has 2 aromatic carbocycles. The Morgan fingerprint density at radius 2 is 1.71 bits per heavy atom. The van der Waals surface area contributed by atoms with Gasteiger partial charge in [-0.15, -0.1) is 0 Å². The van der Waals surface area contributed by atoms with Gasteiger partial charge >= 0.3 is 0 Å². The first-order valence-electron chi connectivity index (χ1n) is 7.08. The molecule has 0 spiro atoms. The second-order valence-corrected chi connectivity index (χ2v) is 5.29. The zero-order valence-corrected chi connectivity index (χ0v) is 12.4. The first kappa shape index (κ1) is 13.4. The standard InChI is InChI=1S/C18H19N3/c1-21(2)15-9-7-14(8-10-15)13-20-18-11-12-19-17-6-4-3-5-16(17)18/h3-12H,13H2,1-2H3,(H,19,20). The van der Waals surface area contributed by atoms with Gasteiger partial charge in [0.15, 0.2) is 0 Å². The van der Waals surface area contributed by atoms with E-state index in [1.165, 1.54) is 11.3 Å². The van der Waals surface area contributed by atoms with Gasteiger partial charge in [0.05, 0.1) is 5.52 Å². The molecule has 3 heteroatoms. The summed E-state index contributed by atoms with van der Waals surface area (Å²) in [6, 6.07) is 18.8. The van der Waals surface area contributed by atoms with Crippen molar-refractivity contribution in [2.75, 3.05) is 24.3 Å². The normalized spacial score (nSPS) is 10.6. The van der Waals surface area contributed by atoms with Crippen LogP contribution in [0.2, 0.25) is 0 Å². The second kappa shape index (κ2) is 5.83. The van der Waals surface area contributed by atoms with Gasteiger partial charge in [-0.3, -0.25) is 4.98 Å². The molecule has 106 valence electrons. The summed E-state index contributed by atoms with van der Waals surface area (Å²) in [6.45, 7) is 0.807. The number of fused-ring (bicyclic) bond motifs is 1. The smallest absolute Gasteiger partial charge is 0.0722 e. The summed E-state index contributed by atoms with van der Waals surface area (Å²) in [7, 11) is 4.10. The fraction of sp³-hybridized carbons (Fsp3) is 0.167. The van der Waals surface area contributed by atoms with E-state index < -0.39 is 0 Å². The molecule has 0 aliphatic heterocycles. The summed E-state index contributed by atoms with van der Waals surface area (Å²) in [5.74, 6) is 0. The van der Waals surface area contributed by atoms with E-state index >= 15 is 0 Å². The van der Waals surface area contributed by atoms with E-state index in [-0.39, 0.29) is 0 Å². The molecule has 0 aliphatic carbocycles. The summed E-state index contributed by atoms with van der Waals surface area (Å²) in [5.41, 5.74) is 4.62. The molecule has 3 aromatic rings. The van der Waals surface area contributed by atoms with E-state index in [0.717, 1.165) is 23.1 Å². The van der Waals surface area contributed by atoms with Gasteiger partial charge in [0.2, 0.25) is 0 Å². The minimum atomic E-state index is 0.807. The number of nitrogens with one attached hydrogen (secondary N) is 1. The Hall–Kier alpha value is -2.55. The van der Waals surface area contributed by atoms with Crippen LogP contribution in [0.15, 0.2) is 60.8 Å². The quantitative estimate of drug-likeness (QED) is 0.783. The number of para-hydroxylation sites is 1. The van der Waals surface area contributed by atoms with Crippen LogP contribution in [0.1, 0.15) is 5.56 Å². The van der Waals surface area contributed by atoms with E-state index in [9.17, 15) is 0 Å². The number of rotatable bonds is 4. The highest BCUT2D eigenvalue weighted by atomic mass is 15.1. The van der Waals surface area contributed by atoms with Gasteiger partial charge in [0.25, 0.3) is 0 Å². The van der Waals surface area contributed by atoms with Crippen LogP contribution in [0.5, 0.6) is 0 Å². The predicted octanol–water partition coefficient (Wildman–Crippen LogP) is 3.91. The van der Waals surface area contributed by atoms with E-state index in [0.29, 0.717) is 0 Å². The van der Waals surface area contributed by atoms with Gasteiger partial charge in [-0.2, -0.15) is 0 Å². The molecule has 0 amide bonds. The molecule has 1 heterocycles. The monoisotopic (exact) mass is 277 g/mol. The number of hydrogen-bond acceptors (Lipinski definition) is 3.